The summed E-state index contributed by atoms with van der Waals surface area (Å²) < 4.78 is 2.08. The van der Waals surface area contributed by atoms with Crippen LogP contribution in [-0.4, -0.2) is 26.3 Å². The van der Waals surface area contributed by atoms with E-state index in [0.717, 1.165) is 32.2 Å². The molecule has 4 heteroatoms. The molecule has 1 aromatic rings. The van der Waals surface area contributed by atoms with Gasteiger partial charge in [-0.05, 0) is 93.1 Å². The predicted octanol–water partition coefficient (Wildman–Crippen LogP) is 4.65. The fraction of sp³-hybridized carbons (Fsp3) is 0.760. The van der Waals surface area contributed by atoms with Gasteiger partial charge in [-0.1, -0.05) is 26.3 Å². The Labute approximate surface area is 174 Å². The lowest BCUT2D eigenvalue weighted by Crippen LogP contribution is -2.58. The van der Waals surface area contributed by atoms with Gasteiger partial charge in [0.25, 0.3) is 0 Å². The summed E-state index contributed by atoms with van der Waals surface area (Å²) in [5.41, 5.74) is 2.96. The summed E-state index contributed by atoms with van der Waals surface area (Å²) in [6.07, 6.45) is 10.6. The molecular weight excluding hydrogens is 360 g/mol. The molecule has 3 saturated carbocycles. The number of hydrogen-bond donors (Lipinski definition) is 1. The number of rotatable bonds is 2. The second-order valence-corrected chi connectivity index (χ2v) is 11.0. The quantitative estimate of drug-likeness (QED) is 0.791. The van der Waals surface area contributed by atoms with E-state index in [1.807, 2.05) is 0 Å². The van der Waals surface area contributed by atoms with E-state index in [2.05, 4.69) is 44.6 Å². The second-order valence-electron chi connectivity index (χ2n) is 11.0. The van der Waals surface area contributed by atoms with Crippen LogP contribution in [0.1, 0.15) is 78.0 Å². The van der Waals surface area contributed by atoms with Crippen LogP contribution in [0.5, 0.6) is 0 Å². The van der Waals surface area contributed by atoms with Crippen molar-refractivity contribution in [1.82, 2.24) is 9.78 Å². The number of Topliss-reactive ketones (excluding diaryl/α,β-unsaturated/α-hetero) is 1. The number of hydrogen-bond acceptors (Lipinski definition) is 3. The van der Waals surface area contributed by atoms with Crippen LogP contribution in [0.25, 0.3) is 6.08 Å². The van der Waals surface area contributed by atoms with Gasteiger partial charge in [0.2, 0.25) is 0 Å². The third-order valence-corrected chi connectivity index (χ3v) is 9.85. The van der Waals surface area contributed by atoms with E-state index < -0.39 is 5.60 Å². The maximum Gasteiger partial charge on any atom is 0.161 e. The van der Waals surface area contributed by atoms with Gasteiger partial charge in [-0.15, -0.1) is 0 Å². The van der Waals surface area contributed by atoms with Crippen LogP contribution in [0, 0.1) is 34.5 Å². The molecule has 0 spiro atoms. The molecule has 1 heterocycles. The zero-order valence-corrected chi connectivity index (χ0v) is 18.7. The molecule has 1 N–H and O–H groups in total. The summed E-state index contributed by atoms with van der Waals surface area (Å²) in [5.74, 6) is 2.20. The number of allylic oxidation sites excluding steroid dienone is 1. The molecule has 1 aromatic heterocycles. The standard InChI is InChI=1S/C25H36N2O2/c1-6-27-14-17-13-23(4)19-7-9-24(5)20(8-10-25(24,29)16(3)28)18(19)11-15(2)21(23)12-22(17)26-27/h12,14-15,18-20,29H,6-11,13H2,1-5H3/t15-,18+,19-,20-,23+,24-,25-/m0/s1. The highest BCUT2D eigenvalue weighted by atomic mass is 16.3. The maximum absolute atomic E-state index is 12.4. The molecular formula is C25H36N2O2. The van der Waals surface area contributed by atoms with E-state index >= 15 is 0 Å². The van der Waals surface area contributed by atoms with E-state index in [1.165, 1.54) is 17.7 Å². The van der Waals surface area contributed by atoms with Crippen LogP contribution < -0.4 is 0 Å². The van der Waals surface area contributed by atoms with E-state index in [4.69, 9.17) is 5.10 Å². The smallest absolute Gasteiger partial charge is 0.161 e. The highest BCUT2D eigenvalue weighted by molar-refractivity contribution is 5.86. The Bertz CT molecular complexity index is 901. The molecule has 0 bridgehead atoms. The zero-order chi connectivity index (χ0) is 20.8. The van der Waals surface area contributed by atoms with Crippen LogP contribution in [0.15, 0.2) is 11.8 Å². The predicted molar refractivity (Wildman–Crippen MR) is 114 cm³/mol. The maximum atomic E-state index is 12.4. The molecule has 0 unspecified atom stereocenters. The lowest BCUT2D eigenvalue weighted by atomic mass is 9.44. The molecule has 5 rings (SSSR count). The van der Waals surface area contributed by atoms with Gasteiger partial charge < -0.3 is 5.11 Å². The third-order valence-electron chi connectivity index (χ3n) is 9.85. The first-order valence-electron chi connectivity index (χ1n) is 11.7. The Hall–Kier alpha value is -1.42. The number of ketones is 1. The van der Waals surface area contributed by atoms with Gasteiger partial charge in [0, 0.05) is 18.2 Å². The lowest BCUT2D eigenvalue weighted by molar-refractivity contribution is -0.160. The van der Waals surface area contributed by atoms with Crippen LogP contribution in [0.4, 0.5) is 0 Å². The van der Waals surface area contributed by atoms with E-state index in [1.54, 1.807) is 12.5 Å². The fourth-order valence-corrected chi connectivity index (χ4v) is 8.29. The zero-order valence-electron chi connectivity index (χ0n) is 18.7. The number of carbonyl (C=O) groups excluding carboxylic acids is 1. The van der Waals surface area contributed by atoms with Gasteiger partial charge >= 0.3 is 0 Å². The summed E-state index contributed by atoms with van der Waals surface area (Å²) in [6.45, 7) is 11.8. The molecule has 29 heavy (non-hydrogen) atoms. The topological polar surface area (TPSA) is 55.1 Å². The van der Waals surface area contributed by atoms with Gasteiger partial charge in [0.15, 0.2) is 5.78 Å². The molecule has 4 aliphatic carbocycles. The molecule has 0 aromatic carbocycles. The van der Waals surface area contributed by atoms with E-state index in [9.17, 15) is 9.90 Å². The van der Waals surface area contributed by atoms with Gasteiger partial charge in [-0.2, -0.15) is 5.10 Å². The van der Waals surface area contributed by atoms with E-state index in [0.29, 0.717) is 30.1 Å². The summed E-state index contributed by atoms with van der Waals surface area (Å²) in [5, 5.41) is 16.2. The Morgan fingerprint density at radius 1 is 1.28 bits per heavy atom. The van der Waals surface area contributed by atoms with Crippen molar-refractivity contribution in [2.75, 3.05) is 0 Å². The van der Waals surface area contributed by atoms with Crippen molar-refractivity contribution in [2.45, 2.75) is 85.3 Å². The van der Waals surface area contributed by atoms with Crippen LogP contribution >= 0.6 is 0 Å². The van der Waals surface area contributed by atoms with Gasteiger partial charge in [-0.3, -0.25) is 9.48 Å². The Balaban J connectivity index is 1.54. The summed E-state index contributed by atoms with van der Waals surface area (Å²) in [6, 6.07) is 0. The Morgan fingerprint density at radius 2 is 2.00 bits per heavy atom. The van der Waals surface area contributed by atoms with Crippen molar-refractivity contribution in [3.63, 3.8) is 0 Å². The van der Waals surface area contributed by atoms with Crippen molar-refractivity contribution in [1.29, 1.82) is 0 Å². The molecule has 7 atom stereocenters. The van der Waals surface area contributed by atoms with Gasteiger partial charge in [0.05, 0.1) is 5.69 Å². The largest absolute Gasteiger partial charge is 0.382 e. The Kier molecular flexibility index (Phi) is 4.08. The highest BCUT2D eigenvalue weighted by Crippen LogP contribution is 2.68. The average Bonchev–Trinajstić information content (AvgIpc) is 3.19. The first-order valence-corrected chi connectivity index (χ1v) is 11.7. The van der Waals surface area contributed by atoms with E-state index in [-0.39, 0.29) is 16.6 Å². The summed E-state index contributed by atoms with van der Waals surface area (Å²) >= 11 is 0. The monoisotopic (exact) mass is 396 g/mol. The first kappa shape index (κ1) is 19.5. The normalized spacial score (nSPS) is 45.7. The van der Waals surface area contributed by atoms with Crippen molar-refractivity contribution in [2.24, 2.45) is 34.5 Å². The van der Waals surface area contributed by atoms with Gasteiger partial charge in [0.1, 0.15) is 5.60 Å². The molecule has 0 saturated heterocycles. The van der Waals surface area contributed by atoms with Crippen molar-refractivity contribution in [3.8, 4) is 0 Å². The molecule has 4 nitrogen and oxygen atoms in total. The second kappa shape index (κ2) is 6.06. The number of aryl methyl sites for hydroxylation is 1. The molecule has 4 aliphatic rings. The van der Waals surface area contributed by atoms with Crippen LogP contribution in [0.2, 0.25) is 0 Å². The number of carbonyl (C=O) groups is 1. The summed E-state index contributed by atoms with van der Waals surface area (Å²) in [4.78, 5) is 12.4. The molecule has 0 amide bonds. The molecule has 158 valence electrons. The number of aliphatic hydroxyl groups is 1. The van der Waals surface area contributed by atoms with Crippen molar-refractivity contribution in [3.05, 3.63) is 23.0 Å². The summed E-state index contributed by atoms with van der Waals surface area (Å²) in [7, 11) is 0. The number of fused-ring (bicyclic) bond motifs is 6. The molecule has 0 aliphatic heterocycles. The minimum Gasteiger partial charge on any atom is -0.382 e. The SMILES string of the molecule is CCn1cc2c(n1)C=C1[C@@H](C)C[C@@H]3[C@H](CC[C@@]4(C)[C@H]3CC[C@]4(O)C(C)=O)[C@@]1(C)C2. The average molecular weight is 397 g/mol. The fourth-order valence-electron chi connectivity index (χ4n) is 8.29. The number of nitrogens with zero attached hydrogens (tertiary/aromatic N) is 2. The molecule has 0 radical (unpaired) electrons. The molecule has 3 fully saturated rings. The first-order chi connectivity index (χ1) is 13.6. The lowest BCUT2D eigenvalue weighted by Gasteiger charge is -2.60. The van der Waals surface area contributed by atoms with Crippen molar-refractivity contribution < 1.29 is 9.90 Å². The minimum atomic E-state index is -1.12. The van der Waals surface area contributed by atoms with Crippen molar-refractivity contribution >= 4 is 11.9 Å². The van der Waals surface area contributed by atoms with Crippen LogP contribution in [0.3, 0.4) is 0 Å². The van der Waals surface area contributed by atoms with Crippen LogP contribution in [-0.2, 0) is 17.8 Å². The third kappa shape index (κ3) is 2.35. The minimum absolute atomic E-state index is 0.0223. The Morgan fingerprint density at radius 3 is 2.69 bits per heavy atom. The van der Waals surface area contributed by atoms with Gasteiger partial charge in [-0.25, -0.2) is 0 Å². The number of aromatic nitrogens is 2. The highest BCUT2D eigenvalue weighted by Gasteiger charge is 2.66.